The van der Waals surface area contributed by atoms with E-state index in [2.05, 4.69) is 45.7 Å². The smallest absolute Gasteiger partial charge is 0.238 e. The van der Waals surface area contributed by atoms with Gasteiger partial charge in [-0.05, 0) is 79.1 Å². The van der Waals surface area contributed by atoms with E-state index >= 15 is 0 Å². The van der Waals surface area contributed by atoms with Gasteiger partial charge in [-0.2, -0.15) is 5.26 Å². The molecule has 1 aromatic rings. The number of carbonyl (C=O) groups excluding carboxylic acids is 3. The fourth-order valence-corrected chi connectivity index (χ4v) is 10.6. The molecular weight excluding hydrogens is 498 g/mol. The Morgan fingerprint density at radius 3 is 2.38 bits per heavy atom. The molecule has 3 fully saturated rings. The van der Waals surface area contributed by atoms with E-state index in [9.17, 15) is 19.6 Å². The minimum absolute atomic E-state index is 0.0241. The lowest BCUT2D eigenvalue weighted by atomic mass is 9.34. The van der Waals surface area contributed by atoms with Crippen molar-refractivity contribution >= 4 is 17.5 Å². The van der Waals surface area contributed by atoms with Crippen molar-refractivity contribution in [3.63, 3.8) is 0 Å². The SMILES string of the molecule is CC1(C)CC[C@]2(C(=O)n3ccnc3)CC[C@]3(C)[C@H](C(=O)C=C4[C@@]5(C)C=C(C#N)C(=O)C(C)(C)C5CC[C@]43C)[C@H]2C1. The average Bonchev–Trinajstić information content (AvgIpc) is 3.42. The van der Waals surface area contributed by atoms with Gasteiger partial charge in [0.2, 0.25) is 5.91 Å². The molecule has 1 unspecified atom stereocenters. The molecule has 6 nitrogen and oxygen atoms in total. The maximum absolute atomic E-state index is 14.6. The van der Waals surface area contributed by atoms with Crippen LogP contribution in [0.1, 0.15) is 98.2 Å². The molecule has 6 rings (SSSR count). The van der Waals surface area contributed by atoms with E-state index in [0.717, 1.165) is 50.5 Å². The number of aromatic nitrogens is 2. The molecule has 0 radical (unpaired) electrons. The number of rotatable bonds is 1. The molecule has 212 valence electrons. The van der Waals surface area contributed by atoms with Crippen molar-refractivity contribution in [2.75, 3.05) is 0 Å². The van der Waals surface area contributed by atoms with E-state index in [-0.39, 0.29) is 57.0 Å². The van der Waals surface area contributed by atoms with Gasteiger partial charge >= 0.3 is 0 Å². The highest BCUT2D eigenvalue weighted by Gasteiger charge is 2.70. The van der Waals surface area contributed by atoms with Crippen LogP contribution in [0.25, 0.3) is 0 Å². The quantitative estimate of drug-likeness (QED) is 0.392. The minimum atomic E-state index is -0.677. The van der Waals surface area contributed by atoms with Gasteiger partial charge in [0.25, 0.3) is 0 Å². The lowest BCUT2D eigenvalue weighted by molar-refractivity contribution is -0.164. The van der Waals surface area contributed by atoms with Crippen molar-refractivity contribution in [1.82, 2.24) is 9.55 Å². The van der Waals surface area contributed by atoms with Gasteiger partial charge in [-0.1, -0.05) is 60.1 Å². The Bertz CT molecular complexity index is 1420. The summed E-state index contributed by atoms with van der Waals surface area (Å²) in [4.78, 5) is 46.2. The Morgan fingerprint density at radius 2 is 1.73 bits per heavy atom. The standard InChI is InChI=1S/C34H43N3O3/c1-29(2)10-12-34(28(40)37-15-14-36-20-37)13-11-33(7)26(22(34)18-29)23(38)16-25-31(5)17-21(19-35)27(39)30(3,4)24(31)8-9-32(25,33)6/h14-17,20,22,24,26H,8-13,18H2,1-7H3/t22-,24?,26+,31+,32-,33-,34+/m1/s1. The number of hydrogen-bond acceptors (Lipinski definition) is 5. The van der Waals surface area contributed by atoms with Crippen molar-refractivity contribution in [3.05, 3.63) is 42.0 Å². The largest absolute Gasteiger partial charge is 0.295 e. The minimum Gasteiger partial charge on any atom is -0.295 e. The lowest BCUT2D eigenvalue weighted by Gasteiger charge is -2.69. The van der Waals surface area contributed by atoms with Gasteiger partial charge in [-0.25, -0.2) is 4.98 Å². The fraction of sp³-hybridized carbons (Fsp3) is 0.676. The van der Waals surface area contributed by atoms with Crippen molar-refractivity contribution in [1.29, 1.82) is 5.26 Å². The number of fused-ring (bicyclic) bond motifs is 7. The van der Waals surface area contributed by atoms with Crippen LogP contribution in [0.2, 0.25) is 0 Å². The van der Waals surface area contributed by atoms with Gasteiger partial charge in [0.1, 0.15) is 12.4 Å². The summed E-state index contributed by atoms with van der Waals surface area (Å²) in [5, 5.41) is 9.92. The summed E-state index contributed by atoms with van der Waals surface area (Å²) in [6, 6.07) is 2.18. The maximum atomic E-state index is 14.6. The number of carbonyl (C=O) groups is 3. The van der Waals surface area contributed by atoms with Gasteiger partial charge in [0.05, 0.1) is 11.0 Å². The number of nitrogens with zero attached hydrogens (tertiary/aromatic N) is 3. The van der Waals surface area contributed by atoms with E-state index in [0.29, 0.717) is 0 Å². The summed E-state index contributed by atoms with van der Waals surface area (Å²) >= 11 is 0. The van der Waals surface area contributed by atoms with Crippen molar-refractivity contribution in [2.45, 2.75) is 93.4 Å². The van der Waals surface area contributed by atoms with Crippen LogP contribution in [0.5, 0.6) is 0 Å². The van der Waals surface area contributed by atoms with E-state index in [4.69, 9.17) is 0 Å². The Labute approximate surface area is 238 Å². The lowest BCUT2D eigenvalue weighted by Crippen LogP contribution is -2.66. The number of nitriles is 1. The summed E-state index contributed by atoms with van der Waals surface area (Å²) < 4.78 is 1.64. The van der Waals surface area contributed by atoms with Crippen LogP contribution in [0, 0.1) is 61.6 Å². The number of Topliss-reactive ketones (excluding diaryl/α,β-unsaturated/α-hetero) is 1. The number of allylic oxidation sites excluding steroid dienone is 4. The molecule has 0 bridgehead atoms. The Kier molecular flexibility index (Phi) is 5.57. The number of ketones is 2. The van der Waals surface area contributed by atoms with Gasteiger partial charge in [0.15, 0.2) is 11.6 Å². The van der Waals surface area contributed by atoms with Crippen LogP contribution in [0.3, 0.4) is 0 Å². The topological polar surface area (TPSA) is 92.8 Å². The zero-order valence-electron chi connectivity index (χ0n) is 25.1. The van der Waals surface area contributed by atoms with Gasteiger partial charge < -0.3 is 0 Å². The second-order valence-electron chi connectivity index (χ2n) is 15.7. The molecule has 5 aliphatic carbocycles. The first-order valence-corrected chi connectivity index (χ1v) is 15.0. The van der Waals surface area contributed by atoms with E-state index in [1.807, 2.05) is 26.0 Å². The van der Waals surface area contributed by atoms with Crippen LogP contribution in [0.4, 0.5) is 0 Å². The molecular formula is C34H43N3O3. The van der Waals surface area contributed by atoms with Crippen LogP contribution >= 0.6 is 0 Å². The van der Waals surface area contributed by atoms with Gasteiger partial charge in [-0.15, -0.1) is 0 Å². The van der Waals surface area contributed by atoms with Crippen LogP contribution in [-0.2, 0) is 9.59 Å². The molecule has 1 heterocycles. The zero-order chi connectivity index (χ0) is 29.1. The van der Waals surface area contributed by atoms with Crippen LogP contribution in [0.15, 0.2) is 42.0 Å². The second-order valence-corrected chi connectivity index (χ2v) is 15.7. The second kappa shape index (κ2) is 8.14. The summed E-state index contributed by atoms with van der Waals surface area (Å²) in [5.41, 5.74) is -1.05. The highest BCUT2D eigenvalue weighted by molar-refractivity contribution is 6.04. The van der Waals surface area contributed by atoms with Crippen molar-refractivity contribution in [3.8, 4) is 6.07 Å². The van der Waals surface area contributed by atoms with Crippen molar-refractivity contribution in [2.24, 2.45) is 50.2 Å². The predicted molar refractivity (Wildman–Crippen MR) is 152 cm³/mol. The summed E-state index contributed by atoms with van der Waals surface area (Å²) in [6.45, 7) is 15.3. The highest BCUT2D eigenvalue weighted by Crippen LogP contribution is 2.74. The number of hydrogen-bond donors (Lipinski definition) is 0. The molecule has 0 aliphatic heterocycles. The third kappa shape index (κ3) is 3.21. The fourth-order valence-electron chi connectivity index (χ4n) is 10.6. The first kappa shape index (κ1) is 27.4. The van der Waals surface area contributed by atoms with Crippen LogP contribution in [-0.4, -0.2) is 27.0 Å². The normalized spacial score (nSPS) is 43.2. The predicted octanol–water partition coefficient (Wildman–Crippen LogP) is 6.74. The Morgan fingerprint density at radius 1 is 1.02 bits per heavy atom. The summed E-state index contributed by atoms with van der Waals surface area (Å²) in [6.07, 6.45) is 14.7. The molecule has 7 atom stereocenters. The number of imidazole rings is 1. The van der Waals surface area contributed by atoms with Gasteiger partial charge in [-0.3, -0.25) is 19.0 Å². The molecule has 5 aliphatic rings. The third-order valence-corrected chi connectivity index (χ3v) is 13.0. The van der Waals surface area contributed by atoms with E-state index < -0.39 is 16.2 Å². The summed E-state index contributed by atoms with van der Waals surface area (Å²) in [5.74, 6) is -0.144. The third-order valence-electron chi connectivity index (χ3n) is 13.0. The molecule has 0 amide bonds. The average molecular weight is 542 g/mol. The molecule has 6 heteroatoms. The van der Waals surface area contributed by atoms with E-state index in [1.54, 1.807) is 23.3 Å². The van der Waals surface area contributed by atoms with E-state index in [1.165, 1.54) is 0 Å². The van der Waals surface area contributed by atoms with Crippen molar-refractivity contribution < 1.29 is 14.4 Å². The molecule has 0 saturated heterocycles. The molecule has 40 heavy (non-hydrogen) atoms. The molecule has 0 spiro atoms. The maximum Gasteiger partial charge on any atom is 0.238 e. The Balaban J connectivity index is 1.53. The highest BCUT2D eigenvalue weighted by atomic mass is 16.2. The molecule has 0 N–H and O–H groups in total. The van der Waals surface area contributed by atoms with Crippen LogP contribution < -0.4 is 0 Å². The zero-order valence-corrected chi connectivity index (χ0v) is 25.1. The molecule has 1 aromatic heterocycles. The van der Waals surface area contributed by atoms with Gasteiger partial charge in [0, 0.05) is 29.1 Å². The monoisotopic (exact) mass is 541 g/mol. The first-order valence-electron chi connectivity index (χ1n) is 15.0. The molecule has 0 aromatic carbocycles. The first-order chi connectivity index (χ1) is 18.6. The summed E-state index contributed by atoms with van der Waals surface area (Å²) in [7, 11) is 0. The molecule has 3 saturated carbocycles. The Hall–Kier alpha value is -2.81.